The van der Waals surface area contributed by atoms with Crippen LogP contribution in [0.2, 0.25) is 0 Å². The maximum Gasteiger partial charge on any atom is 0.239 e. The van der Waals surface area contributed by atoms with Crippen molar-refractivity contribution in [2.75, 3.05) is 6.54 Å². The molecule has 2 N–H and O–H groups in total. The lowest BCUT2D eigenvalue weighted by Crippen LogP contribution is -2.45. The van der Waals surface area contributed by atoms with Gasteiger partial charge in [0.05, 0.1) is 6.04 Å². The Bertz CT molecular complexity index is 424. The highest BCUT2D eigenvalue weighted by molar-refractivity contribution is 5.85. The molecule has 3 unspecified atom stereocenters. The van der Waals surface area contributed by atoms with Crippen LogP contribution < -0.4 is 5.73 Å². The molecule has 3 atom stereocenters. The van der Waals surface area contributed by atoms with Crippen LogP contribution in [0.1, 0.15) is 44.6 Å². The highest BCUT2D eigenvalue weighted by Crippen LogP contribution is 2.31. The van der Waals surface area contributed by atoms with Crippen molar-refractivity contribution in [3.8, 4) is 0 Å². The summed E-state index contributed by atoms with van der Waals surface area (Å²) in [7, 11) is 0. The van der Waals surface area contributed by atoms with Gasteiger partial charge in [-0.15, -0.1) is 12.4 Å². The van der Waals surface area contributed by atoms with E-state index >= 15 is 0 Å². The summed E-state index contributed by atoms with van der Waals surface area (Å²) >= 11 is 0. The summed E-state index contributed by atoms with van der Waals surface area (Å²) in [6.45, 7) is 4.99. The number of likely N-dealkylation sites (tertiary alicyclic amines) is 1. The van der Waals surface area contributed by atoms with Crippen LogP contribution >= 0.6 is 12.4 Å². The van der Waals surface area contributed by atoms with Gasteiger partial charge < -0.3 is 10.6 Å². The molecule has 1 heterocycles. The predicted octanol–water partition coefficient (Wildman–Crippen LogP) is 2.94. The second-order valence-corrected chi connectivity index (χ2v) is 5.58. The summed E-state index contributed by atoms with van der Waals surface area (Å²) < 4.78 is 0. The van der Waals surface area contributed by atoms with Crippen molar-refractivity contribution < 1.29 is 4.79 Å². The van der Waals surface area contributed by atoms with Gasteiger partial charge in [-0.25, -0.2) is 0 Å². The molecule has 1 aliphatic rings. The Morgan fingerprint density at radius 1 is 1.40 bits per heavy atom. The van der Waals surface area contributed by atoms with Gasteiger partial charge in [0.1, 0.15) is 0 Å². The Morgan fingerprint density at radius 2 is 2.05 bits per heavy atom. The van der Waals surface area contributed by atoms with Gasteiger partial charge in [0.25, 0.3) is 0 Å². The molecule has 1 aliphatic heterocycles. The number of carbonyl (C=O) groups excluding carboxylic acids is 1. The van der Waals surface area contributed by atoms with Crippen molar-refractivity contribution in [1.29, 1.82) is 0 Å². The number of rotatable bonds is 4. The lowest BCUT2D eigenvalue weighted by Gasteiger charge is -2.24. The average Bonchev–Trinajstić information content (AvgIpc) is 2.81. The highest BCUT2D eigenvalue weighted by atomic mass is 35.5. The van der Waals surface area contributed by atoms with Crippen LogP contribution in [0.5, 0.6) is 0 Å². The molecule has 0 bridgehead atoms. The molecule has 2 rings (SSSR count). The van der Waals surface area contributed by atoms with E-state index in [0.717, 1.165) is 25.8 Å². The van der Waals surface area contributed by atoms with E-state index in [1.807, 2.05) is 11.0 Å². The molecule has 1 fully saturated rings. The molecule has 3 nitrogen and oxygen atoms in total. The molecule has 1 aromatic carbocycles. The number of nitrogens with zero attached hydrogens (tertiary/aromatic N) is 1. The molecule has 4 heteroatoms. The molecule has 1 amide bonds. The molecule has 1 aromatic rings. The van der Waals surface area contributed by atoms with Gasteiger partial charge in [0.2, 0.25) is 5.91 Å². The van der Waals surface area contributed by atoms with Gasteiger partial charge >= 0.3 is 0 Å². The first-order valence-corrected chi connectivity index (χ1v) is 7.24. The van der Waals surface area contributed by atoms with Crippen LogP contribution in [0.25, 0.3) is 0 Å². The Labute approximate surface area is 127 Å². The van der Waals surface area contributed by atoms with Crippen LogP contribution in [-0.4, -0.2) is 29.4 Å². The minimum absolute atomic E-state index is 0. The van der Waals surface area contributed by atoms with Crippen LogP contribution in [0.4, 0.5) is 0 Å². The quantitative estimate of drug-likeness (QED) is 0.928. The number of hydrogen-bond donors (Lipinski definition) is 1. The van der Waals surface area contributed by atoms with Crippen molar-refractivity contribution >= 4 is 18.3 Å². The number of benzene rings is 1. The van der Waals surface area contributed by atoms with Gasteiger partial charge in [-0.3, -0.25) is 4.79 Å². The maximum absolute atomic E-state index is 12.3. The third-order valence-corrected chi connectivity index (χ3v) is 4.05. The molecule has 0 spiro atoms. The number of carbonyl (C=O) groups is 1. The zero-order chi connectivity index (χ0) is 13.8. The van der Waals surface area contributed by atoms with E-state index in [-0.39, 0.29) is 24.4 Å². The molecule has 0 aromatic heterocycles. The Morgan fingerprint density at radius 3 is 2.65 bits per heavy atom. The molecule has 20 heavy (non-hydrogen) atoms. The molecular formula is C16H25ClN2O. The fourth-order valence-electron chi connectivity index (χ4n) is 2.95. The first-order valence-electron chi connectivity index (χ1n) is 7.24. The number of amides is 1. The largest absolute Gasteiger partial charge is 0.338 e. The fourth-order valence-corrected chi connectivity index (χ4v) is 2.95. The van der Waals surface area contributed by atoms with Crippen molar-refractivity contribution in [1.82, 2.24) is 4.90 Å². The molecule has 1 saturated heterocycles. The van der Waals surface area contributed by atoms with Crippen molar-refractivity contribution in [2.45, 2.75) is 51.1 Å². The van der Waals surface area contributed by atoms with E-state index in [1.165, 1.54) is 5.56 Å². The van der Waals surface area contributed by atoms with Gasteiger partial charge in [0, 0.05) is 18.5 Å². The average molecular weight is 297 g/mol. The minimum Gasteiger partial charge on any atom is -0.338 e. The van der Waals surface area contributed by atoms with E-state index in [2.05, 4.69) is 38.1 Å². The number of hydrogen-bond acceptors (Lipinski definition) is 2. The van der Waals surface area contributed by atoms with Crippen LogP contribution in [-0.2, 0) is 4.79 Å². The normalized spacial score (nSPS) is 23.2. The van der Waals surface area contributed by atoms with Crippen molar-refractivity contribution in [2.24, 2.45) is 5.73 Å². The fraction of sp³-hybridized carbons (Fsp3) is 0.562. The molecule has 112 valence electrons. The van der Waals surface area contributed by atoms with Gasteiger partial charge in [0.15, 0.2) is 0 Å². The van der Waals surface area contributed by atoms with E-state index in [9.17, 15) is 4.79 Å². The molecule has 0 saturated carbocycles. The van der Waals surface area contributed by atoms with Crippen LogP contribution in [0.15, 0.2) is 30.3 Å². The van der Waals surface area contributed by atoms with E-state index in [1.54, 1.807) is 0 Å². The first kappa shape index (κ1) is 17.0. The monoisotopic (exact) mass is 296 g/mol. The van der Waals surface area contributed by atoms with E-state index < -0.39 is 0 Å². The topological polar surface area (TPSA) is 46.3 Å². The molecular weight excluding hydrogens is 272 g/mol. The minimum atomic E-state index is -0.332. The standard InChI is InChI=1S/C16H24N2O.ClH/c1-3-7-15(17)16(19)18-11-14(10-12(18)2)13-8-5-4-6-9-13;/h4-6,8-9,12,14-15H,3,7,10-11,17H2,1-2H3;1H. The Balaban J connectivity index is 0.00000200. The summed E-state index contributed by atoms with van der Waals surface area (Å²) in [5.74, 6) is 0.571. The van der Waals surface area contributed by atoms with E-state index in [0.29, 0.717) is 12.0 Å². The van der Waals surface area contributed by atoms with Crippen LogP contribution in [0.3, 0.4) is 0 Å². The summed E-state index contributed by atoms with van der Waals surface area (Å²) in [6, 6.07) is 10.4. The lowest BCUT2D eigenvalue weighted by atomic mass is 9.97. The lowest BCUT2D eigenvalue weighted by molar-refractivity contribution is -0.133. The highest BCUT2D eigenvalue weighted by Gasteiger charge is 2.34. The maximum atomic E-state index is 12.3. The summed E-state index contributed by atoms with van der Waals surface area (Å²) in [5, 5.41) is 0. The Kier molecular flexibility index (Phi) is 6.50. The number of halogens is 1. The third-order valence-electron chi connectivity index (χ3n) is 4.05. The SMILES string of the molecule is CCCC(N)C(=O)N1CC(c2ccccc2)CC1C.Cl. The number of nitrogens with two attached hydrogens (primary N) is 1. The second-order valence-electron chi connectivity index (χ2n) is 5.58. The van der Waals surface area contributed by atoms with Crippen molar-refractivity contribution in [3.63, 3.8) is 0 Å². The summed E-state index contributed by atoms with van der Waals surface area (Å²) in [5.41, 5.74) is 7.29. The van der Waals surface area contributed by atoms with E-state index in [4.69, 9.17) is 5.73 Å². The predicted molar refractivity (Wildman–Crippen MR) is 85.1 cm³/mol. The van der Waals surface area contributed by atoms with Crippen molar-refractivity contribution in [3.05, 3.63) is 35.9 Å². The Hall–Kier alpha value is -1.06. The summed E-state index contributed by atoms with van der Waals surface area (Å²) in [4.78, 5) is 14.3. The molecule has 0 radical (unpaired) electrons. The van der Waals surface area contributed by atoms with Gasteiger partial charge in [-0.05, 0) is 25.3 Å². The smallest absolute Gasteiger partial charge is 0.239 e. The van der Waals surface area contributed by atoms with Crippen LogP contribution in [0, 0.1) is 0 Å². The van der Waals surface area contributed by atoms with Gasteiger partial charge in [-0.1, -0.05) is 43.7 Å². The molecule has 0 aliphatic carbocycles. The van der Waals surface area contributed by atoms with Gasteiger partial charge in [-0.2, -0.15) is 0 Å². The first-order chi connectivity index (χ1) is 9.13. The second kappa shape index (κ2) is 7.65. The third kappa shape index (κ3) is 3.74. The zero-order valence-corrected chi connectivity index (χ0v) is 13.1. The zero-order valence-electron chi connectivity index (χ0n) is 12.3. The summed E-state index contributed by atoms with van der Waals surface area (Å²) in [6.07, 6.45) is 2.77.